The molecule has 3 aromatic rings. The first kappa shape index (κ1) is 21.0. The van der Waals surface area contributed by atoms with Crippen molar-refractivity contribution in [2.75, 3.05) is 33.5 Å². The molecule has 0 saturated carbocycles. The number of ether oxygens (including phenoxy) is 1. The van der Waals surface area contributed by atoms with Crippen molar-refractivity contribution in [1.29, 1.82) is 0 Å². The molecule has 0 aliphatic carbocycles. The number of rotatable bonds is 9. The molecule has 3 rings (SSSR count). The van der Waals surface area contributed by atoms with E-state index in [-0.39, 0.29) is 11.9 Å². The zero-order valence-electron chi connectivity index (χ0n) is 17.0. The molecule has 0 aliphatic rings. The Hall–Kier alpha value is -2.77. The standard InChI is InChI=1S/C22H26N4O2S/c1-25(2)20(17-8-5-4-6-9-17)15-24-21(27)16-29-22-23-12-13-26(22)18-10-7-11-19(14-18)28-3/h4-14,20H,15-16H2,1-3H3,(H,24,27)/p+1/t20-/m0/s1. The number of benzene rings is 2. The van der Waals surface area contributed by atoms with Gasteiger partial charge in [-0.1, -0.05) is 48.2 Å². The number of nitrogens with one attached hydrogen (secondary N) is 2. The van der Waals surface area contributed by atoms with Crippen molar-refractivity contribution >= 4 is 17.7 Å². The van der Waals surface area contributed by atoms with E-state index in [0.717, 1.165) is 16.6 Å². The highest BCUT2D eigenvalue weighted by Crippen LogP contribution is 2.23. The first-order chi connectivity index (χ1) is 14.1. The second-order valence-corrected chi connectivity index (χ2v) is 7.86. The van der Waals surface area contributed by atoms with Crippen LogP contribution in [-0.2, 0) is 4.79 Å². The number of thioether (sulfide) groups is 1. The van der Waals surface area contributed by atoms with Gasteiger partial charge in [0.25, 0.3) is 0 Å². The summed E-state index contributed by atoms with van der Waals surface area (Å²) in [6, 6.07) is 18.2. The van der Waals surface area contributed by atoms with E-state index in [4.69, 9.17) is 4.74 Å². The van der Waals surface area contributed by atoms with Crippen LogP contribution >= 0.6 is 11.8 Å². The summed E-state index contributed by atoms with van der Waals surface area (Å²) in [5, 5.41) is 3.83. The zero-order valence-corrected chi connectivity index (χ0v) is 17.8. The van der Waals surface area contributed by atoms with Crippen molar-refractivity contribution in [3.05, 3.63) is 72.6 Å². The van der Waals surface area contributed by atoms with E-state index >= 15 is 0 Å². The summed E-state index contributed by atoms with van der Waals surface area (Å²) in [4.78, 5) is 18.1. The molecule has 0 saturated heterocycles. The molecular formula is C22H27N4O2S+. The Morgan fingerprint density at radius 3 is 2.72 bits per heavy atom. The predicted molar refractivity (Wildman–Crippen MR) is 116 cm³/mol. The Morgan fingerprint density at radius 2 is 2.00 bits per heavy atom. The number of methoxy groups -OCH3 is 1. The number of nitrogens with zero attached hydrogens (tertiary/aromatic N) is 2. The summed E-state index contributed by atoms with van der Waals surface area (Å²) in [6.07, 6.45) is 3.62. The van der Waals surface area contributed by atoms with Gasteiger partial charge in [-0.25, -0.2) is 4.98 Å². The molecule has 2 aromatic carbocycles. The van der Waals surface area contributed by atoms with Gasteiger partial charge in [-0.05, 0) is 12.1 Å². The van der Waals surface area contributed by atoms with Crippen LogP contribution < -0.4 is 15.0 Å². The first-order valence-electron chi connectivity index (χ1n) is 9.50. The second-order valence-electron chi connectivity index (χ2n) is 6.91. The van der Waals surface area contributed by atoms with Crippen molar-refractivity contribution in [2.24, 2.45) is 0 Å². The van der Waals surface area contributed by atoms with E-state index in [0.29, 0.717) is 12.3 Å². The number of hydrogen-bond acceptors (Lipinski definition) is 4. The van der Waals surface area contributed by atoms with Crippen molar-refractivity contribution in [3.63, 3.8) is 0 Å². The predicted octanol–water partition coefficient (Wildman–Crippen LogP) is 1.97. The maximum Gasteiger partial charge on any atom is 0.230 e. The minimum absolute atomic E-state index is 0.00243. The number of hydrogen-bond donors (Lipinski definition) is 2. The fourth-order valence-electron chi connectivity index (χ4n) is 3.09. The molecule has 7 heteroatoms. The van der Waals surface area contributed by atoms with Crippen molar-refractivity contribution < 1.29 is 14.4 Å². The molecule has 29 heavy (non-hydrogen) atoms. The molecule has 2 N–H and O–H groups in total. The van der Waals surface area contributed by atoms with Crippen LogP contribution in [0.2, 0.25) is 0 Å². The van der Waals surface area contributed by atoms with Crippen molar-refractivity contribution in [3.8, 4) is 11.4 Å². The largest absolute Gasteiger partial charge is 0.497 e. The summed E-state index contributed by atoms with van der Waals surface area (Å²) >= 11 is 1.42. The fraction of sp³-hybridized carbons (Fsp3) is 0.273. The van der Waals surface area contributed by atoms with Crippen LogP contribution in [0.15, 0.2) is 72.1 Å². The minimum Gasteiger partial charge on any atom is -0.497 e. The second kappa shape index (κ2) is 10.1. The van der Waals surface area contributed by atoms with E-state index in [1.807, 2.05) is 53.2 Å². The summed E-state index contributed by atoms with van der Waals surface area (Å²) in [5.41, 5.74) is 2.17. The van der Waals surface area contributed by atoms with E-state index in [1.165, 1.54) is 22.2 Å². The molecule has 0 unspecified atom stereocenters. The van der Waals surface area contributed by atoms with Crippen LogP contribution in [0.25, 0.3) is 5.69 Å². The summed E-state index contributed by atoms with van der Waals surface area (Å²) < 4.78 is 7.25. The van der Waals surface area contributed by atoms with Gasteiger partial charge in [0.1, 0.15) is 11.8 Å². The average Bonchev–Trinajstić information content (AvgIpc) is 3.21. The fourth-order valence-corrected chi connectivity index (χ4v) is 3.89. The van der Waals surface area contributed by atoms with Crippen LogP contribution in [0, 0.1) is 0 Å². The maximum atomic E-state index is 12.4. The lowest BCUT2D eigenvalue weighted by molar-refractivity contribution is -0.890. The summed E-state index contributed by atoms with van der Waals surface area (Å²) in [7, 11) is 5.85. The lowest BCUT2D eigenvalue weighted by Crippen LogP contribution is -3.07. The Balaban J connectivity index is 1.58. The number of carbonyl (C=O) groups excluding carboxylic acids is 1. The van der Waals surface area contributed by atoms with Crippen LogP contribution in [0.3, 0.4) is 0 Å². The van der Waals surface area contributed by atoms with E-state index in [2.05, 4.69) is 36.5 Å². The molecule has 1 heterocycles. The van der Waals surface area contributed by atoms with Crippen LogP contribution in [-0.4, -0.2) is 49.0 Å². The molecule has 0 spiro atoms. The van der Waals surface area contributed by atoms with Crippen molar-refractivity contribution in [1.82, 2.24) is 14.9 Å². The number of imidazole rings is 1. The Bertz CT molecular complexity index is 927. The molecule has 1 aromatic heterocycles. The third kappa shape index (κ3) is 5.62. The monoisotopic (exact) mass is 411 g/mol. The van der Waals surface area contributed by atoms with E-state index in [9.17, 15) is 4.79 Å². The van der Waals surface area contributed by atoms with Gasteiger partial charge in [0.2, 0.25) is 5.91 Å². The van der Waals surface area contributed by atoms with Gasteiger partial charge in [-0.3, -0.25) is 9.36 Å². The highest BCUT2D eigenvalue weighted by molar-refractivity contribution is 7.99. The minimum atomic E-state index is -0.00243. The van der Waals surface area contributed by atoms with Gasteiger partial charge in [0, 0.05) is 24.0 Å². The Morgan fingerprint density at radius 1 is 1.21 bits per heavy atom. The molecule has 0 aliphatic heterocycles. The lowest BCUT2D eigenvalue weighted by Gasteiger charge is -2.22. The van der Waals surface area contributed by atoms with E-state index < -0.39 is 0 Å². The smallest absolute Gasteiger partial charge is 0.230 e. The summed E-state index contributed by atoms with van der Waals surface area (Å²) in [5.74, 6) is 1.09. The van der Waals surface area contributed by atoms with Gasteiger partial charge in [0.05, 0.1) is 39.2 Å². The Kier molecular flexibility index (Phi) is 7.32. The third-order valence-electron chi connectivity index (χ3n) is 4.67. The molecule has 0 fully saturated rings. The topological polar surface area (TPSA) is 60.6 Å². The Labute approximate surface area is 175 Å². The number of likely N-dealkylation sites (N-methyl/N-ethyl adjacent to an activating group) is 1. The van der Waals surface area contributed by atoms with Crippen molar-refractivity contribution in [2.45, 2.75) is 11.2 Å². The van der Waals surface area contributed by atoms with Gasteiger partial charge in [-0.2, -0.15) is 0 Å². The van der Waals surface area contributed by atoms with E-state index in [1.54, 1.807) is 13.3 Å². The third-order valence-corrected chi connectivity index (χ3v) is 5.64. The van der Waals surface area contributed by atoms with Gasteiger partial charge >= 0.3 is 0 Å². The highest BCUT2D eigenvalue weighted by atomic mass is 32.2. The van der Waals surface area contributed by atoms with Gasteiger partial charge in [-0.15, -0.1) is 0 Å². The zero-order chi connectivity index (χ0) is 20.6. The van der Waals surface area contributed by atoms with Gasteiger partial charge in [0.15, 0.2) is 5.16 Å². The maximum absolute atomic E-state index is 12.4. The summed E-state index contributed by atoms with van der Waals surface area (Å²) in [6.45, 7) is 0.593. The number of carbonyl (C=O) groups is 1. The van der Waals surface area contributed by atoms with Crippen LogP contribution in [0.4, 0.5) is 0 Å². The molecule has 1 amide bonds. The number of aromatic nitrogens is 2. The SMILES string of the molecule is COc1cccc(-n2ccnc2SCC(=O)NC[C@@H](c2ccccc2)[NH+](C)C)c1. The quantitative estimate of drug-likeness (QED) is 0.529. The molecule has 0 bridgehead atoms. The molecular weight excluding hydrogens is 384 g/mol. The number of amides is 1. The number of quaternary nitrogens is 1. The molecule has 1 atom stereocenters. The molecule has 6 nitrogen and oxygen atoms in total. The lowest BCUT2D eigenvalue weighted by atomic mass is 10.1. The average molecular weight is 412 g/mol. The normalized spacial score (nSPS) is 12.0. The van der Waals surface area contributed by atoms with Crippen LogP contribution in [0.5, 0.6) is 5.75 Å². The first-order valence-corrected chi connectivity index (χ1v) is 10.5. The molecule has 0 radical (unpaired) electrons. The van der Waals surface area contributed by atoms with Gasteiger partial charge < -0.3 is 15.0 Å². The molecule has 152 valence electrons. The highest BCUT2D eigenvalue weighted by Gasteiger charge is 2.18. The van der Waals surface area contributed by atoms with Crippen LogP contribution in [0.1, 0.15) is 11.6 Å².